The number of alkyl halides is 2. The third-order valence-electron chi connectivity index (χ3n) is 10.5. The second kappa shape index (κ2) is 18.0. The van der Waals surface area contributed by atoms with E-state index in [2.05, 4.69) is 15.6 Å². The lowest BCUT2D eigenvalue weighted by molar-refractivity contribution is -0.163. The number of esters is 2. The highest BCUT2D eigenvalue weighted by Crippen LogP contribution is 2.67. The average Bonchev–Trinajstić information content (AvgIpc) is 3.75. The summed E-state index contributed by atoms with van der Waals surface area (Å²) in [6.45, 7) is 10.5. The van der Waals surface area contributed by atoms with Gasteiger partial charge >= 0.3 is 25.2 Å². The van der Waals surface area contributed by atoms with Crippen molar-refractivity contribution >= 4 is 59.8 Å². The number of aromatic amines is 1. The fourth-order valence-corrected chi connectivity index (χ4v) is 8.13. The SMILES string of the molecule is CC(C)[C@H](CCC(N)=O)NC(=O)[C@@H]1Cc2cccc3c2N1C(=O)[C@@H](NC(=O)c1cc2cc(C(F)(F)P(=O)(OCOC(=O)C(C)(C)C)OCOC(=O)C(C)(C)C)ccc2[nH]1)CC3. The van der Waals surface area contributed by atoms with Crippen molar-refractivity contribution in [3.8, 4) is 0 Å². The highest BCUT2D eigenvalue weighted by atomic mass is 31.2. The molecule has 0 radical (unpaired) electrons. The Kier molecular flexibility index (Phi) is 13.9. The van der Waals surface area contributed by atoms with Crippen molar-refractivity contribution in [2.45, 2.75) is 111 Å². The molecular formula is C42H54F2N5O11P. The van der Waals surface area contributed by atoms with Crippen molar-refractivity contribution in [2.24, 2.45) is 22.5 Å². The van der Waals surface area contributed by atoms with Crippen molar-refractivity contribution in [3.05, 3.63) is 64.8 Å². The highest BCUT2D eigenvalue weighted by Gasteiger charge is 2.56. The molecule has 0 unspecified atom stereocenters. The quantitative estimate of drug-likeness (QED) is 0.0748. The molecule has 5 rings (SSSR count). The van der Waals surface area contributed by atoms with Crippen molar-refractivity contribution in [1.82, 2.24) is 15.6 Å². The summed E-state index contributed by atoms with van der Waals surface area (Å²) in [6.07, 6.45) is 1.23. The fourth-order valence-electron chi connectivity index (χ4n) is 6.89. The predicted molar refractivity (Wildman–Crippen MR) is 219 cm³/mol. The number of primary amides is 1. The van der Waals surface area contributed by atoms with E-state index in [4.69, 9.17) is 24.3 Å². The molecule has 61 heavy (non-hydrogen) atoms. The molecule has 0 saturated carbocycles. The third kappa shape index (κ3) is 10.5. The number of anilines is 1. The van der Waals surface area contributed by atoms with Gasteiger partial charge in [0.2, 0.25) is 31.3 Å². The van der Waals surface area contributed by atoms with Gasteiger partial charge in [-0.25, -0.2) is 0 Å². The lowest BCUT2D eigenvalue weighted by Gasteiger charge is -2.30. The van der Waals surface area contributed by atoms with E-state index in [1.807, 2.05) is 32.0 Å². The van der Waals surface area contributed by atoms with Crippen LogP contribution in [0.25, 0.3) is 10.9 Å². The smallest absolute Gasteiger partial charge is 0.410 e. The number of carbonyl (C=O) groups is 6. The van der Waals surface area contributed by atoms with Crippen molar-refractivity contribution < 1.29 is 60.6 Å². The number of nitrogens with two attached hydrogens (primary N) is 1. The number of halogens is 2. The minimum atomic E-state index is -5.62. The Labute approximate surface area is 352 Å². The van der Waals surface area contributed by atoms with Crippen LogP contribution in [0.5, 0.6) is 0 Å². The molecule has 2 aliphatic heterocycles. The van der Waals surface area contributed by atoms with E-state index < -0.39 is 90.9 Å². The van der Waals surface area contributed by atoms with Crippen LogP contribution >= 0.6 is 7.60 Å². The number of amides is 4. The first-order valence-electron chi connectivity index (χ1n) is 19.9. The van der Waals surface area contributed by atoms with E-state index in [1.54, 1.807) is 0 Å². The third-order valence-corrected chi connectivity index (χ3v) is 12.3. The normalized spacial score (nSPS) is 17.4. The molecule has 332 valence electrons. The van der Waals surface area contributed by atoms with Gasteiger partial charge in [0, 0.05) is 35.3 Å². The summed E-state index contributed by atoms with van der Waals surface area (Å²) in [5.74, 6) is -3.85. The Morgan fingerprint density at radius 1 is 0.934 bits per heavy atom. The Morgan fingerprint density at radius 3 is 2.11 bits per heavy atom. The first-order chi connectivity index (χ1) is 28.3. The molecule has 0 bridgehead atoms. The molecule has 0 saturated heterocycles. The molecule has 16 nitrogen and oxygen atoms in total. The minimum Gasteiger partial charge on any atom is -0.438 e. The summed E-state index contributed by atoms with van der Waals surface area (Å²) in [4.78, 5) is 82.3. The predicted octanol–water partition coefficient (Wildman–Crippen LogP) is 5.95. The number of benzene rings is 2. The van der Waals surface area contributed by atoms with Gasteiger partial charge in [-0.2, -0.15) is 8.78 Å². The molecule has 2 aromatic carbocycles. The maximum atomic E-state index is 16.3. The first kappa shape index (κ1) is 46.9. The largest absolute Gasteiger partial charge is 0.438 e. The number of hydrogen-bond donors (Lipinski definition) is 4. The van der Waals surface area contributed by atoms with E-state index in [-0.39, 0.29) is 47.8 Å². The second-order valence-electron chi connectivity index (χ2n) is 17.7. The molecule has 3 atom stereocenters. The van der Waals surface area contributed by atoms with Crippen LogP contribution < -0.4 is 21.3 Å². The lowest BCUT2D eigenvalue weighted by Crippen LogP contribution is -2.56. The molecule has 3 aromatic rings. The number of nitrogens with one attached hydrogen (secondary N) is 3. The van der Waals surface area contributed by atoms with E-state index in [9.17, 15) is 33.3 Å². The summed E-state index contributed by atoms with van der Waals surface area (Å²) >= 11 is 0. The number of para-hydroxylation sites is 1. The Morgan fingerprint density at radius 2 is 1.54 bits per heavy atom. The van der Waals surface area contributed by atoms with Crippen LogP contribution in [0, 0.1) is 16.7 Å². The van der Waals surface area contributed by atoms with Crippen LogP contribution in [-0.2, 0) is 65.6 Å². The Bertz CT molecular complexity index is 2210. The number of ether oxygens (including phenoxy) is 2. The molecule has 3 heterocycles. The first-order valence-corrected chi connectivity index (χ1v) is 21.5. The van der Waals surface area contributed by atoms with Crippen LogP contribution in [-0.4, -0.2) is 72.3 Å². The lowest BCUT2D eigenvalue weighted by atomic mass is 9.98. The molecular weight excluding hydrogens is 819 g/mol. The summed E-state index contributed by atoms with van der Waals surface area (Å²) in [5.41, 5.74) is 0.405. The number of aromatic nitrogens is 1. The summed E-state index contributed by atoms with van der Waals surface area (Å²) in [7, 11) is -5.62. The van der Waals surface area contributed by atoms with Gasteiger partial charge in [0.1, 0.15) is 17.8 Å². The van der Waals surface area contributed by atoms with Gasteiger partial charge in [-0.1, -0.05) is 38.1 Å². The number of aryl methyl sites for hydroxylation is 1. The van der Waals surface area contributed by atoms with Gasteiger partial charge in [0.15, 0.2) is 0 Å². The van der Waals surface area contributed by atoms with Gasteiger partial charge in [0.25, 0.3) is 5.91 Å². The molecule has 4 amide bonds. The summed E-state index contributed by atoms with van der Waals surface area (Å²) < 4.78 is 66.2. The van der Waals surface area contributed by atoms with Gasteiger partial charge < -0.3 is 30.8 Å². The molecule has 5 N–H and O–H groups in total. The molecule has 0 fully saturated rings. The maximum absolute atomic E-state index is 16.3. The van der Waals surface area contributed by atoms with Gasteiger partial charge in [-0.3, -0.25) is 47.3 Å². The van der Waals surface area contributed by atoms with Gasteiger partial charge in [0.05, 0.1) is 16.5 Å². The maximum Gasteiger partial charge on any atom is 0.410 e. The standard InChI is InChI=1S/C42H54F2N5O11P/c1-23(2)28(16-17-33(45)50)47-36(52)32-20-25-11-9-10-24-12-14-30(37(53)49(32)34(24)25)48-35(51)31-19-26-18-27(13-15-29(26)46-31)42(43,44)61(56,59-21-57-38(54)40(3,4)5)60-22-58-39(55)41(6,7)8/h9-11,13,15,18-19,23,28,30,32,46H,12,14,16-17,20-22H2,1-8H3,(H2,45,50)(H,47,52)(H,48,51)/t28-,30-,32-/m0/s1. The average molecular weight is 874 g/mol. The van der Waals surface area contributed by atoms with Crippen LogP contribution in [0.4, 0.5) is 14.5 Å². The molecule has 19 heteroatoms. The van der Waals surface area contributed by atoms with Crippen molar-refractivity contribution in [3.63, 3.8) is 0 Å². The van der Waals surface area contributed by atoms with Crippen LogP contribution in [0.1, 0.15) is 102 Å². The zero-order chi connectivity index (χ0) is 45.2. The summed E-state index contributed by atoms with van der Waals surface area (Å²) in [5, 5.41) is 5.84. The van der Waals surface area contributed by atoms with E-state index in [0.29, 0.717) is 18.5 Å². The number of nitrogens with zero attached hydrogens (tertiary/aromatic N) is 1. The molecule has 0 aliphatic carbocycles. The zero-order valence-electron chi connectivity index (χ0n) is 35.5. The van der Waals surface area contributed by atoms with Crippen LogP contribution in [0.15, 0.2) is 42.5 Å². The fraction of sp³-hybridized carbons (Fsp3) is 0.524. The second-order valence-corrected chi connectivity index (χ2v) is 19.7. The van der Waals surface area contributed by atoms with Crippen molar-refractivity contribution in [1.29, 1.82) is 0 Å². The van der Waals surface area contributed by atoms with E-state index >= 15 is 8.78 Å². The zero-order valence-corrected chi connectivity index (χ0v) is 36.4. The Hall–Kier alpha value is -5.19. The topological polar surface area (TPSA) is 226 Å². The van der Waals surface area contributed by atoms with Gasteiger partial charge in [-0.15, -0.1) is 0 Å². The monoisotopic (exact) mass is 873 g/mol. The summed E-state index contributed by atoms with van der Waals surface area (Å²) in [6, 6.07) is 7.55. The molecule has 2 aliphatic rings. The molecule has 1 aromatic heterocycles. The number of H-pyrrole nitrogens is 1. The van der Waals surface area contributed by atoms with Crippen LogP contribution in [0.3, 0.4) is 0 Å². The highest BCUT2D eigenvalue weighted by molar-refractivity contribution is 7.54. The van der Waals surface area contributed by atoms with E-state index in [0.717, 1.165) is 23.3 Å². The number of rotatable bonds is 16. The van der Waals surface area contributed by atoms with Gasteiger partial charge in [-0.05, 0) is 96.0 Å². The van der Waals surface area contributed by atoms with E-state index in [1.165, 1.54) is 58.6 Å². The number of carbonyl (C=O) groups excluding carboxylic acids is 6. The minimum absolute atomic E-state index is 0.0332. The van der Waals surface area contributed by atoms with Crippen molar-refractivity contribution in [2.75, 3.05) is 18.5 Å². The number of hydrogen-bond acceptors (Lipinski definition) is 11. The van der Waals surface area contributed by atoms with Crippen LogP contribution in [0.2, 0.25) is 0 Å². The molecule has 0 spiro atoms. The number of fused-ring (bicyclic) bond motifs is 1. The Balaban J connectivity index is 1.36.